The Morgan fingerprint density at radius 3 is 2.27 bits per heavy atom. The summed E-state index contributed by atoms with van der Waals surface area (Å²) in [6, 6.07) is 35.3. The molecule has 5 aromatic carbocycles. The molecule has 37 heavy (non-hydrogen) atoms. The average Bonchev–Trinajstić information content (AvgIpc) is 3.64. The second kappa shape index (κ2) is 12.7. The molecule has 7 rings (SSSR count). The van der Waals surface area contributed by atoms with Crippen LogP contribution in [0.5, 0.6) is 0 Å². The number of aromatic nitrogens is 1. The van der Waals surface area contributed by atoms with Crippen LogP contribution >= 0.6 is 0 Å². The number of fused-ring (bicyclic) bond motifs is 3. The minimum atomic E-state index is 0. The van der Waals surface area contributed by atoms with Gasteiger partial charge < -0.3 is 29.4 Å². The van der Waals surface area contributed by atoms with E-state index in [9.17, 15) is 0 Å². The topological polar surface area (TPSA) is 4.93 Å². The van der Waals surface area contributed by atoms with Gasteiger partial charge in [0.2, 0.25) is 0 Å². The van der Waals surface area contributed by atoms with Gasteiger partial charge >= 0.3 is 26.2 Å². The Bertz CT molecular complexity index is 1690. The number of halogens is 2. The molecule has 0 atom stereocenters. The zero-order chi connectivity index (χ0) is 22.9. The quantitative estimate of drug-likeness (QED) is 0.271. The Kier molecular flexibility index (Phi) is 9.85. The van der Waals surface area contributed by atoms with Crippen molar-refractivity contribution in [2.45, 2.75) is 13.3 Å². The molecule has 0 bridgehead atoms. The third-order valence-electron chi connectivity index (χ3n) is 6.50. The Hall–Kier alpha value is -2.77. The van der Waals surface area contributed by atoms with Crippen LogP contribution in [0.25, 0.3) is 49.3 Å². The van der Waals surface area contributed by atoms with Crippen LogP contribution in [0.1, 0.15) is 12.0 Å². The SMILES string of the molecule is Cc1cc2c(-c3cccc4ccccc34)cc(-n3ccc4ccccc43)cc2[cH-]1.[C-]1=CC=CC1.[Cl-].[Cl-].[Zr+4]. The van der Waals surface area contributed by atoms with Crippen LogP contribution < -0.4 is 24.8 Å². The van der Waals surface area contributed by atoms with Gasteiger partial charge in [-0.3, -0.25) is 6.08 Å². The minimum Gasteiger partial charge on any atom is -1.00 e. The second-order valence-corrected chi connectivity index (χ2v) is 8.80. The summed E-state index contributed by atoms with van der Waals surface area (Å²) in [5, 5.41) is 6.45. The van der Waals surface area contributed by atoms with E-state index in [2.05, 4.69) is 127 Å². The maximum Gasteiger partial charge on any atom is 4.00 e. The van der Waals surface area contributed by atoms with E-state index >= 15 is 0 Å². The van der Waals surface area contributed by atoms with Crippen molar-refractivity contribution in [3.05, 3.63) is 133 Å². The first-order valence-corrected chi connectivity index (χ1v) is 11.8. The number of hydrogen-bond acceptors (Lipinski definition) is 0. The minimum absolute atomic E-state index is 0. The maximum atomic E-state index is 2.99. The summed E-state index contributed by atoms with van der Waals surface area (Å²) in [6.45, 7) is 2.18. The van der Waals surface area contributed by atoms with Gasteiger partial charge in [0.25, 0.3) is 0 Å². The molecule has 6 aromatic rings. The first-order valence-electron chi connectivity index (χ1n) is 11.8. The van der Waals surface area contributed by atoms with Crippen LogP contribution in [-0.2, 0) is 26.2 Å². The van der Waals surface area contributed by atoms with Gasteiger partial charge in [0.1, 0.15) is 0 Å². The van der Waals surface area contributed by atoms with E-state index < -0.39 is 0 Å². The summed E-state index contributed by atoms with van der Waals surface area (Å²) in [5.41, 5.74) is 6.32. The van der Waals surface area contributed by atoms with E-state index in [1.165, 1.54) is 54.8 Å². The van der Waals surface area contributed by atoms with E-state index in [0.717, 1.165) is 6.42 Å². The fourth-order valence-electron chi connectivity index (χ4n) is 4.93. The van der Waals surface area contributed by atoms with Crippen LogP contribution in [0.3, 0.4) is 0 Å². The molecular formula is C33H25Cl2NZr. The van der Waals surface area contributed by atoms with Crippen molar-refractivity contribution in [3.63, 3.8) is 0 Å². The van der Waals surface area contributed by atoms with Crippen molar-refractivity contribution < 1.29 is 51.0 Å². The van der Waals surface area contributed by atoms with Crippen molar-refractivity contribution in [2.24, 2.45) is 0 Å². The summed E-state index contributed by atoms with van der Waals surface area (Å²) in [4.78, 5) is 0. The molecule has 0 unspecified atom stereocenters. The van der Waals surface area contributed by atoms with Crippen LogP contribution in [0, 0.1) is 13.0 Å². The Morgan fingerprint density at radius 1 is 0.757 bits per heavy atom. The van der Waals surface area contributed by atoms with Gasteiger partial charge in [0, 0.05) is 11.9 Å². The second-order valence-electron chi connectivity index (χ2n) is 8.80. The van der Waals surface area contributed by atoms with Gasteiger partial charge in [-0.25, -0.2) is 12.2 Å². The van der Waals surface area contributed by atoms with Crippen LogP contribution in [0.4, 0.5) is 0 Å². The third kappa shape index (κ3) is 5.73. The summed E-state index contributed by atoms with van der Waals surface area (Å²) < 4.78 is 2.30. The van der Waals surface area contributed by atoms with Crippen LogP contribution in [0.2, 0.25) is 0 Å². The number of para-hydroxylation sites is 1. The number of allylic oxidation sites excluding steroid dienone is 4. The van der Waals surface area contributed by atoms with E-state index in [0.29, 0.717) is 0 Å². The molecule has 0 saturated heterocycles. The summed E-state index contributed by atoms with van der Waals surface area (Å²) in [5.74, 6) is 0. The van der Waals surface area contributed by atoms with E-state index in [4.69, 9.17) is 0 Å². The molecule has 0 aliphatic heterocycles. The number of hydrogen-bond donors (Lipinski definition) is 0. The van der Waals surface area contributed by atoms with E-state index in [1.807, 2.05) is 12.2 Å². The van der Waals surface area contributed by atoms with Gasteiger partial charge in [-0.05, 0) is 39.9 Å². The van der Waals surface area contributed by atoms with Crippen LogP contribution in [0.15, 0.2) is 121 Å². The molecule has 0 amide bonds. The maximum absolute atomic E-state index is 2.99. The predicted octanol–water partition coefficient (Wildman–Crippen LogP) is 2.94. The monoisotopic (exact) mass is 595 g/mol. The standard InChI is InChI=1S/C28H20N.C5H5.2ClH.Zr/c1-19-15-22-17-23(29-14-13-21-8-3-5-12-28(21)29)18-27(26(22)16-19)25-11-6-9-20-7-2-4-10-24(20)25;1-2-4-5-3-1;;;/h2-18H,1H3;1-3H,4H2;2*1H;/q2*-1;;;+4/p-2. The number of rotatable bonds is 2. The smallest absolute Gasteiger partial charge is 1.00 e. The Morgan fingerprint density at radius 2 is 1.51 bits per heavy atom. The molecule has 1 aliphatic rings. The Labute approximate surface area is 249 Å². The van der Waals surface area contributed by atoms with Gasteiger partial charge in [-0.15, -0.1) is 34.9 Å². The van der Waals surface area contributed by atoms with E-state index in [1.54, 1.807) is 0 Å². The molecule has 180 valence electrons. The largest absolute Gasteiger partial charge is 4.00 e. The van der Waals surface area contributed by atoms with Crippen LogP contribution in [-0.4, -0.2) is 4.57 Å². The predicted molar refractivity (Wildman–Crippen MR) is 146 cm³/mol. The molecule has 1 nitrogen and oxygen atoms in total. The molecular weight excluding hydrogens is 573 g/mol. The molecule has 0 fully saturated rings. The normalized spacial score (nSPS) is 11.5. The van der Waals surface area contributed by atoms with Crippen molar-refractivity contribution in [3.8, 4) is 16.8 Å². The van der Waals surface area contributed by atoms with Gasteiger partial charge in [-0.2, -0.15) is 12.1 Å². The van der Waals surface area contributed by atoms with Crippen molar-refractivity contribution >= 4 is 32.4 Å². The van der Waals surface area contributed by atoms with E-state index in [-0.39, 0.29) is 51.0 Å². The zero-order valence-corrected chi connectivity index (χ0v) is 24.4. The third-order valence-corrected chi connectivity index (χ3v) is 6.50. The first-order chi connectivity index (χ1) is 16.8. The van der Waals surface area contributed by atoms with Gasteiger partial charge in [-0.1, -0.05) is 73.2 Å². The fraction of sp³-hybridized carbons (Fsp3) is 0.0606. The molecule has 1 aliphatic carbocycles. The average molecular weight is 598 g/mol. The van der Waals surface area contributed by atoms with Crippen molar-refractivity contribution in [1.82, 2.24) is 4.57 Å². The molecule has 0 radical (unpaired) electrons. The van der Waals surface area contributed by atoms with Gasteiger partial charge in [0.15, 0.2) is 0 Å². The fourth-order valence-corrected chi connectivity index (χ4v) is 4.93. The molecule has 0 saturated carbocycles. The van der Waals surface area contributed by atoms with Gasteiger partial charge in [0.05, 0.1) is 5.52 Å². The Balaban J connectivity index is 0.000000430. The van der Waals surface area contributed by atoms with Crippen molar-refractivity contribution in [1.29, 1.82) is 0 Å². The first kappa shape index (κ1) is 28.8. The number of benzene rings is 4. The number of nitrogens with zero attached hydrogens (tertiary/aromatic N) is 1. The summed E-state index contributed by atoms with van der Waals surface area (Å²) >= 11 is 0. The summed E-state index contributed by atoms with van der Waals surface area (Å²) in [7, 11) is 0. The molecule has 1 heterocycles. The molecule has 0 spiro atoms. The zero-order valence-electron chi connectivity index (χ0n) is 20.5. The molecule has 4 heteroatoms. The summed E-state index contributed by atoms with van der Waals surface area (Å²) in [6.07, 6.45) is 12.2. The number of aryl methyl sites for hydroxylation is 1. The van der Waals surface area contributed by atoms with Crippen molar-refractivity contribution in [2.75, 3.05) is 0 Å². The molecule has 1 aromatic heterocycles. The molecule has 0 N–H and O–H groups in total.